The van der Waals surface area contributed by atoms with Crippen LogP contribution in [0.25, 0.3) is 11.1 Å². The monoisotopic (exact) mass is 352 g/mol. The second-order valence-electron chi connectivity index (χ2n) is 6.65. The Balaban J connectivity index is 1.48. The van der Waals surface area contributed by atoms with Crippen molar-refractivity contribution in [3.05, 3.63) is 53.9 Å². The normalized spacial score (nSPS) is 14.2. The molecule has 1 heterocycles. The van der Waals surface area contributed by atoms with Crippen LogP contribution in [0.4, 0.5) is 5.69 Å². The van der Waals surface area contributed by atoms with Crippen molar-refractivity contribution in [2.24, 2.45) is 0 Å². The maximum atomic E-state index is 12.4. The Hall–Kier alpha value is -2.27. The van der Waals surface area contributed by atoms with Gasteiger partial charge in [-0.25, -0.2) is 4.98 Å². The molecule has 4 nitrogen and oxygen atoms in total. The zero-order chi connectivity index (χ0) is 17.4. The second kappa shape index (κ2) is 6.56. The number of amides is 1. The average molecular weight is 352 g/mol. The molecule has 4 rings (SSSR count). The number of rotatable bonds is 5. The molecule has 0 saturated heterocycles. The van der Waals surface area contributed by atoms with Gasteiger partial charge in [0.2, 0.25) is 0 Å². The van der Waals surface area contributed by atoms with Crippen LogP contribution < -0.4 is 5.32 Å². The zero-order valence-electron chi connectivity index (χ0n) is 14.3. The van der Waals surface area contributed by atoms with Crippen molar-refractivity contribution >= 4 is 34.5 Å². The lowest BCUT2D eigenvalue weighted by Crippen LogP contribution is -2.11. The quantitative estimate of drug-likeness (QED) is 0.620. The highest BCUT2D eigenvalue weighted by atomic mass is 32.2. The third kappa shape index (κ3) is 3.71. The predicted molar refractivity (Wildman–Crippen MR) is 101 cm³/mol. The molecule has 1 N–H and O–H groups in total. The maximum Gasteiger partial charge on any atom is 0.255 e. The molecule has 128 valence electrons. The van der Waals surface area contributed by atoms with Gasteiger partial charge in [-0.2, -0.15) is 0 Å². The standard InChI is InChI=1S/C20H20N2O2S/c1-12(2)25-16-8-5-13(6-9-16)19(23)21-15-7-10-18-17(11-15)22-20(24-18)14-3-4-14/h5-12,14H,3-4H2,1-2H3,(H,21,23). The number of nitrogens with zero attached hydrogens (tertiary/aromatic N) is 1. The van der Waals surface area contributed by atoms with Gasteiger partial charge in [0.25, 0.3) is 5.91 Å². The first-order valence-corrected chi connectivity index (χ1v) is 9.45. The van der Waals surface area contributed by atoms with Crippen LogP contribution in [0.2, 0.25) is 0 Å². The van der Waals surface area contributed by atoms with E-state index in [9.17, 15) is 4.79 Å². The summed E-state index contributed by atoms with van der Waals surface area (Å²) in [6, 6.07) is 13.3. The van der Waals surface area contributed by atoms with Gasteiger partial charge in [0.05, 0.1) is 0 Å². The molecule has 1 aliphatic carbocycles. The Bertz CT molecular complexity index is 911. The summed E-state index contributed by atoms with van der Waals surface area (Å²) in [5.41, 5.74) is 2.94. The predicted octanol–water partition coefficient (Wildman–Crippen LogP) is 5.46. The molecule has 1 saturated carbocycles. The number of carbonyl (C=O) groups excluding carboxylic acids is 1. The van der Waals surface area contributed by atoms with E-state index in [0.717, 1.165) is 35.5 Å². The van der Waals surface area contributed by atoms with Crippen LogP contribution >= 0.6 is 11.8 Å². The number of benzene rings is 2. The van der Waals surface area contributed by atoms with Gasteiger partial charge in [-0.1, -0.05) is 13.8 Å². The Morgan fingerprint density at radius 1 is 1.20 bits per heavy atom. The van der Waals surface area contributed by atoms with Gasteiger partial charge >= 0.3 is 0 Å². The van der Waals surface area contributed by atoms with Crippen molar-refractivity contribution in [3.63, 3.8) is 0 Å². The van der Waals surface area contributed by atoms with Crippen molar-refractivity contribution < 1.29 is 9.21 Å². The lowest BCUT2D eigenvalue weighted by Gasteiger charge is -2.07. The third-order valence-corrected chi connectivity index (χ3v) is 5.09. The zero-order valence-corrected chi connectivity index (χ0v) is 15.1. The van der Waals surface area contributed by atoms with Crippen molar-refractivity contribution in [1.82, 2.24) is 4.98 Å². The summed E-state index contributed by atoms with van der Waals surface area (Å²) in [6.07, 6.45) is 2.31. The molecule has 1 fully saturated rings. The Labute approximate surface area is 151 Å². The van der Waals surface area contributed by atoms with Gasteiger partial charge in [0, 0.05) is 27.3 Å². The van der Waals surface area contributed by atoms with Crippen molar-refractivity contribution in [2.75, 3.05) is 5.32 Å². The highest BCUT2D eigenvalue weighted by molar-refractivity contribution is 7.99. The highest BCUT2D eigenvalue weighted by Crippen LogP contribution is 2.40. The summed E-state index contributed by atoms with van der Waals surface area (Å²) < 4.78 is 5.76. The number of aromatic nitrogens is 1. The van der Waals surface area contributed by atoms with Crippen LogP contribution in [0.15, 0.2) is 51.8 Å². The van der Waals surface area contributed by atoms with Crippen molar-refractivity contribution in [1.29, 1.82) is 0 Å². The molecule has 1 aromatic heterocycles. The van der Waals surface area contributed by atoms with Gasteiger partial charge < -0.3 is 9.73 Å². The minimum absolute atomic E-state index is 0.119. The molecular formula is C20H20N2O2S. The summed E-state index contributed by atoms with van der Waals surface area (Å²) in [5.74, 6) is 1.18. The largest absolute Gasteiger partial charge is 0.440 e. The lowest BCUT2D eigenvalue weighted by atomic mass is 10.2. The molecule has 1 amide bonds. The summed E-state index contributed by atoms with van der Waals surface area (Å²) in [5, 5.41) is 3.46. The van der Waals surface area contributed by atoms with Crippen LogP contribution in [-0.4, -0.2) is 16.1 Å². The fourth-order valence-electron chi connectivity index (χ4n) is 2.69. The molecule has 25 heavy (non-hydrogen) atoms. The van der Waals surface area contributed by atoms with E-state index in [1.54, 1.807) is 11.8 Å². The van der Waals surface area contributed by atoms with Crippen LogP contribution in [0.3, 0.4) is 0 Å². The SMILES string of the molecule is CC(C)Sc1ccc(C(=O)Nc2ccc3oc(C4CC4)nc3c2)cc1. The maximum absolute atomic E-state index is 12.4. The van der Waals surface area contributed by atoms with Gasteiger partial charge in [-0.3, -0.25) is 4.79 Å². The molecule has 5 heteroatoms. The second-order valence-corrected chi connectivity index (χ2v) is 8.30. The summed E-state index contributed by atoms with van der Waals surface area (Å²) in [7, 11) is 0. The number of hydrogen-bond donors (Lipinski definition) is 1. The molecular weight excluding hydrogens is 332 g/mol. The number of hydrogen-bond acceptors (Lipinski definition) is 4. The number of oxazole rings is 1. The minimum atomic E-state index is -0.119. The molecule has 0 bridgehead atoms. The van der Waals surface area contributed by atoms with Crippen LogP contribution in [0, 0.1) is 0 Å². The smallest absolute Gasteiger partial charge is 0.255 e. The summed E-state index contributed by atoms with van der Waals surface area (Å²) in [6.45, 7) is 4.31. The first kappa shape index (κ1) is 16.2. The number of anilines is 1. The topological polar surface area (TPSA) is 55.1 Å². The van der Waals surface area contributed by atoms with Crippen LogP contribution in [0.1, 0.15) is 48.9 Å². The fraction of sp³-hybridized carbons (Fsp3) is 0.300. The van der Waals surface area contributed by atoms with E-state index in [-0.39, 0.29) is 5.91 Å². The lowest BCUT2D eigenvalue weighted by molar-refractivity contribution is 0.102. The van der Waals surface area contributed by atoms with Crippen LogP contribution in [-0.2, 0) is 0 Å². The fourth-order valence-corrected chi connectivity index (χ4v) is 3.53. The van der Waals surface area contributed by atoms with E-state index in [1.165, 1.54) is 4.90 Å². The highest BCUT2D eigenvalue weighted by Gasteiger charge is 2.28. The molecule has 0 unspecified atom stereocenters. The van der Waals surface area contributed by atoms with E-state index < -0.39 is 0 Å². The van der Waals surface area contributed by atoms with E-state index in [0.29, 0.717) is 16.7 Å². The molecule has 0 radical (unpaired) electrons. The molecule has 0 aliphatic heterocycles. The van der Waals surface area contributed by atoms with E-state index in [4.69, 9.17) is 4.42 Å². The van der Waals surface area contributed by atoms with E-state index >= 15 is 0 Å². The van der Waals surface area contributed by atoms with Gasteiger partial charge in [0.15, 0.2) is 11.5 Å². The van der Waals surface area contributed by atoms with Gasteiger partial charge in [-0.15, -0.1) is 11.8 Å². The first-order valence-electron chi connectivity index (χ1n) is 8.57. The molecule has 0 spiro atoms. The molecule has 2 aromatic carbocycles. The van der Waals surface area contributed by atoms with Crippen LogP contribution in [0.5, 0.6) is 0 Å². The Morgan fingerprint density at radius 3 is 2.64 bits per heavy atom. The van der Waals surface area contributed by atoms with Gasteiger partial charge in [0.1, 0.15) is 5.52 Å². The van der Waals surface area contributed by atoms with Gasteiger partial charge in [-0.05, 0) is 55.3 Å². The number of thioether (sulfide) groups is 1. The van der Waals surface area contributed by atoms with E-state index in [1.807, 2.05) is 42.5 Å². The number of nitrogens with one attached hydrogen (secondary N) is 1. The van der Waals surface area contributed by atoms with E-state index in [2.05, 4.69) is 24.1 Å². The number of carbonyl (C=O) groups is 1. The molecule has 0 atom stereocenters. The van der Waals surface area contributed by atoms with Crippen molar-refractivity contribution in [2.45, 2.75) is 42.8 Å². The minimum Gasteiger partial charge on any atom is -0.440 e. The summed E-state index contributed by atoms with van der Waals surface area (Å²) >= 11 is 1.78. The molecule has 3 aromatic rings. The number of fused-ring (bicyclic) bond motifs is 1. The Morgan fingerprint density at radius 2 is 1.96 bits per heavy atom. The Kier molecular flexibility index (Phi) is 4.25. The first-order chi connectivity index (χ1) is 12.1. The molecule has 1 aliphatic rings. The third-order valence-electron chi connectivity index (χ3n) is 4.08. The summed E-state index contributed by atoms with van der Waals surface area (Å²) in [4.78, 5) is 18.1. The van der Waals surface area contributed by atoms with Crippen molar-refractivity contribution in [3.8, 4) is 0 Å². The average Bonchev–Trinajstić information content (AvgIpc) is 3.34.